The third kappa shape index (κ3) is 2.11. The molecule has 0 bridgehead atoms. The number of rotatable bonds is 2. The number of anilines is 2. The molecule has 102 valence electrons. The minimum atomic E-state index is 0.0926. The number of amides is 1. The lowest BCUT2D eigenvalue weighted by molar-refractivity contribution is -0.122. The summed E-state index contributed by atoms with van der Waals surface area (Å²) >= 11 is 0. The van der Waals surface area contributed by atoms with Crippen molar-refractivity contribution < 1.29 is 4.79 Å². The molecule has 0 saturated carbocycles. The Kier molecular flexibility index (Phi) is 3.00. The Bertz CT molecular complexity index is 504. The topological polar surface area (TPSA) is 84.1 Å². The van der Waals surface area contributed by atoms with Crippen molar-refractivity contribution >= 4 is 17.5 Å². The summed E-state index contributed by atoms with van der Waals surface area (Å²) < 4.78 is 0. The molecular formula is C13H19N5O. The van der Waals surface area contributed by atoms with Crippen molar-refractivity contribution in [2.75, 3.05) is 23.7 Å². The van der Waals surface area contributed by atoms with Gasteiger partial charge in [0.1, 0.15) is 17.5 Å². The number of nitrogens with zero attached hydrogens (tertiary/aromatic N) is 3. The van der Waals surface area contributed by atoms with Gasteiger partial charge in [-0.3, -0.25) is 4.79 Å². The first-order valence-electron chi connectivity index (χ1n) is 6.87. The number of nitrogens with one attached hydrogen (secondary N) is 1. The molecule has 2 unspecified atom stereocenters. The molecule has 3 rings (SSSR count). The van der Waals surface area contributed by atoms with Crippen LogP contribution in [0, 0.1) is 5.92 Å². The second-order valence-corrected chi connectivity index (χ2v) is 5.18. The second kappa shape index (κ2) is 4.68. The van der Waals surface area contributed by atoms with Crippen molar-refractivity contribution in [2.24, 2.45) is 5.92 Å². The van der Waals surface area contributed by atoms with E-state index in [2.05, 4.69) is 20.2 Å². The quantitative estimate of drug-likeness (QED) is 0.802. The minimum Gasteiger partial charge on any atom is -0.384 e. The Morgan fingerprint density at radius 1 is 1.53 bits per heavy atom. The van der Waals surface area contributed by atoms with E-state index in [1.54, 1.807) is 0 Å². The fourth-order valence-corrected chi connectivity index (χ4v) is 3.04. The molecule has 0 aliphatic carbocycles. The van der Waals surface area contributed by atoms with Crippen LogP contribution in [0.5, 0.6) is 0 Å². The van der Waals surface area contributed by atoms with Gasteiger partial charge in [0.25, 0.3) is 0 Å². The predicted octanol–water partition coefficient (Wildman–Crippen LogP) is 0.336. The fraction of sp³-hybridized carbons (Fsp3) is 0.615. The zero-order chi connectivity index (χ0) is 13.4. The first-order valence-corrected chi connectivity index (χ1v) is 6.87. The summed E-state index contributed by atoms with van der Waals surface area (Å²) in [7, 11) is 0. The van der Waals surface area contributed by atoms with Crippen LogP contribution in [0.1, 0.15) is 25.6 Å². The molecule has 1 aromatic rings. The maximum atomic E-state index is 11.8. The van der Waals surface area contributed by atoms with Gasteiger partial charge in [-0.15, -0.1) is 0 Å². The third-order valence-electron chi connectivity index (χ3n) is 3.99. The number of nitrogens with two attached hydrogens (primary N) is 1. The van der Waals surface area contributed by atoms with Crippen LogP contribution in [0.15, 0.2) is 6.07 Å². The van der Waals surface area contributed by atoms with Crippen LogP contribution in [0.4, 0.5) is 11.6 Å². The zero-order valence-electron chi connectivity index (χ0n) is 11.1. The molecule has 2 fully saturated rings. The van der Waals surface area contributed by atoms with Gasteiger partial charge in [-0.2, -0.15) is 0 Å². The molecule has 2 aliphatic rings. The molecule has 0 radical (unpaired) electrons. The Hall–Kier alpha value is -1.85. The van der Waals surface area contributed by atoms with Crippen LogP contribution in [-0.4, -0.2) is 35.0 Å². The molecule has 1 amide bonds. The summed E-state index contributed by atoms with van der Waals surface area (Å²) in [6.07, 6.45) is 2.74. The molecule has 6 heteroatoms. The normalized spacial score (nSPS) is 26.2. The smallest absolute Gasteiger partial charge is 0.225 e. The van der Waals surface area contributed by atoms with Gasteiger partial charge in [0.2, 0.25) is 5.91 Å². The number of carbonyl (C=O) groups excluding carboxylic acids is 1. The van der Waals surface area contributed by atoms with Crippen LogP contribution >= 0.6 is 0 Å². The summed E-state index contributed by atoms with van der Waals surface area (Å²) in [5, 5.41) is 2.95. The highest BCUT2D eigenvalue weighted by Gasteiger charge is 2.41. The van der Waals surface area contributed by atoms with Crippen LogP contribution in [0.25, 0.3) is 0 Å². The molecule has 3 heterocycles. The van der Waals surface area contributed by atoms with Gasteiger partial charge in [-0.25, -0.2) is 9.97 Å². The number of nitrogen functional groups attached to an aromatic ring is 1. The maximum absolute atomic E-state index is 11.8. The second-order valence-electron chi connectivity index (χ2n) is 5.18. The van der Waals surface area contributed by atoms with Crippen molar-refractivity contribution in [1.29, 1.82) is 0 Å². The largest absolute Gasteiger partial charge is 0.384 e. The summed E-state index contributed by atoms with van der Waals surface area (Å²) in [4.78, 5) is 22.8. The Morgan fingerprint density at radius 3 is 3.16 bits per heavy atom. The van der Waals surface area contributed by atoms with E-state index in [4.69, 9.17) is 5.73 Å². The lowest BCUT2D eigenvalue weighted by atomic mass is 9.91. The van der Waals surface area contributed by atoms with Gasteiger partial charge >= 0.3 is 0 Å². The van der Waals surface area contributed by atoms with E-state index in [1.807, 2.05) is 13.0 Å². The molecule has 1 aromatic heterocycles. The number of hydrogen-bond donors (Lipinski definition) is 2. The van der Waals surface area contributed by atoms with Gasteiger partial charge in [-0.1, -0.05) is 6.92 Å². The lowest BCUT2D eigenvalue weighted by Gasteiger charge is -2.36. The number of carbonyl (C=O) groups is 1. The minimum absolute atomic E-state index is 0.0926. The summed E-state index contributed by atoms with van der Waals surface area (Å²) in [5.41, 5.74) is 5.85. The van der Waals surface area contributed by atoms with Crippen LogP contribution in [-0.2, 0) is 11.2 Å². The highest BCUT2D eigenvalue weighted by molar-refractivity contribution is 5.83. The van der Waals surface area contributed by atoms with Crippen LogP contribution in [0.3, 0.4) is 0 Å². The number of aromatic nitrogens is 2. The molecule has 2 atom stereocenters. The molecule has 0 spiro atoms. The van der Waals surface area contributed by atoms with Crippen molar-refractivity contribution in [3.8, 4) is 0 Å². The molecule has 2 aliphatic heterocycles. The van der Waals surface area contributed by atoms with Gasteiger partial charge < -0.3 is 16.0 Å². The third-order valence-corrected chi connectivity index (χ3v) is 3.99. The summed E-state index contributed by atoms with van der Waals surface area (Å²) in [6, 6.07) is 2.02. The van der Waals surface area contributed by atoms with Crippen LogP contribution < -0.4 is 16.0 Å². The lowest BCUT2D eigenvalue weighted by Crippen LogP contribution is -2.46. The van der Waals surface area contributed by atoms with E-state index < -0.39 is 0 Å². The van der Waals surface area contributed by atoms with Gasteiger partial charge in [0, 0.05) is 25.6 Å². The van der Waals surface area contributed by atoms with E-state index in [9.17, 15) is 4.79 Å². The summed E-state index contributed by atoms with van der Waals surface area (Å²) in [6.45, 7) is 3.64. The Labute approximate surface area is 112 Å². The SMILES string of the molecule is CCc1nc(N)cc(N2CCCC3C(=O)NCC32)n1. The van der Waals surface area contributed by atoms with Crippen molar-refractivity contribution in [2.45, 2.75) is 32.2 Å². The van der Waals surface area contributed by atoms with Crippen molar-refractivity contribution in [3.05, 3.63) is 11.9 Å². The average molecular weight is 261 g/mol. The van der Waals surface area contributed by atoms with Crippen LogP contribution in [0.2, 0.25) is 0 Å². The van der Waals surface area contributed by atoms with Crippen molar-refractivity contribution in [3.63, 3.8) is 0 Å². The number of piperidine rings is 1. The standard InChI is InChI=1S/C13H19N5O/c1-2-11-16-10(14)6-12(17-11)18-5-3-4-8-9(18)7-15-13(8)19/h6,8-9H,2-5,7H2,1H3,(H,15,19)(H2,14,16,17). The highest BCUT2D eigenvalue weighted by Crippen LogP contribution is 2.31. The van der Waals surface area contributed by atoms with E-state index in [0.29, 0.717) is 12.4 Å². The molecule has 6 nitrogen and oxygen atoms in total. The molecule has 3 N–H and O–H groups in total. The molecule has 0 aromatic carbocycles. The molecule has 19 heavy (non-hydrogen) atoms. The van der Waals surface area contributed by atoms with Gasteiger partial charge in [0.05, 0.1) is 12.0 Å². The molecule has 2 saturated heterocycles. The van der Waals surface area contributed by atoms with Gasteiger partial charge in [-0.05, 0) is 12.8 Å². The first-order chi connectivity index (χ1) is 9.19. The number of hydrogen-bond acceptors (Lipinski definition) is 5. The molecular weight excluding hydrogens is 242 g/mol. The van der Waals surface area contributed by atoms with E-state index in [-0.39, 0.29) is 17.9 Å². The Morgan fingerprint density at radius 2 is 2.37 bits per heavy atom. The zero-order valence-corrected chi connectivity index (χ0v) is 11.1. The highest BCUT2D eigenvalue weighted by atomic mass is 16.2. The predicted molar refractivity (Wildman–Crippen MR) is 72.7 cm³/mol. The van der Waals surface area contributed by atoms with E-state index in [1.165, 1.54) is 0 Å². The maximum Gasteiger partial charge on any atom is 0.225 e. The van der Waals surface area contributed by atoms with Gasteiger partial charge in [0.15, 0.2) is 0 Å². The van der Waals surface area contributed by atoms with E-state index in [0.717, 1.165) is 37.4 Å². The average Bonchev–Trinajstić information content (AvgIpc) is 2.80. The number of fused-ring (bicyclic) bond motifs is 1. The fourth-order valence-electron chi connectivity index (χ4n) is 3.04. The van der Waals surface area contributed by atoms with Crippen molar-refractivity contribution in [1.82, 2.24) is 15.3 Å². The monoisotopic (exact) mass is 261 g/mol. The Balaban J connectivity index is 1.92. The number of aryl methyl sites for hydroxylation is 1. The van der Waals surface area contributed by atoms with E-state index >= 15 is 0 Å². The summed E-state index contributed by atoms with van der Waals surface area (Å²) in [5.74, 6) is 2.38. The first kappa shape index (κ1) is 12.2.